The molecule has 2 aliphatic rings. The highest BCUT2D eigenvalue weighted by molar-refractivity contribution is 5.30. The quantitative estimate of drug-likeness (QED) is 0.723. The third kappa shape index (κ3) is 1.83. The summed E-state index contributed by atoms with van der Waals surface area (Å²) in [6.07, 6.45) is 8.29. The van der Waals surface area contributed by atoms with Crippen molar-refractivity contribution in [3.05, 3.63) is 23.0 Å². The summed E-state index contributed by atoms with van der Waals surface area (Å²) in [6.45, 7) is 2.19. The summed E-state index contributed by atoms with van der Waals surface area (Å²) in [4.78, 5) is 3.64. The van der Waals surface area contributed by atoms with Gasteiger partial charge in [-0.05, 0) is 43.4 Å². The first kappa shape index (κ1) is 9.46. The van der Waals surface area contributed by atoms with E-state index in [0.29, 0.717) is 0 Å². The van der Waals surface area contributed by atoms with Gasteiger partial charge in [0.1, 0.15) is 0 Å². The van der Waals surface area contributed by atoms with Crippen LogP contribution in [0.15, 0.2) is 6.07 Å². The van der Waals surface area contributed by atoms with E-state index >= 15 is 0 Å². The SMILES string of the molecule is c1c(C2CCCCC2)[nH]c2c1CCNC2. The topological polar surface area (TPSA) is 27.8 Å². The van der Waals surface area contributed by atoms with E-state index in [1.807, 2.05) is 0 Å². The molecule has 2 nitrogen and oxygen atoms in total. The average Bonchev–Trinajstić information content (AvgIpc) is 2.74. The predicted molar refractivity (Wildman–Crippen MR) is 62.0 cm³/mol. The monoisotopic (exact) mass is 204 g/mol. The Kier molecular flexibility index (Phi) is 2.53. The molecular weight excluding hydrogens is 184 g/mol. The van der Waals surface area contributed by atoms with Crippen LogP contribution in [0.5, 0.6) is 0 Å². The van der Waals surface area contributed by atoms with E-state index in [4.69, 9.17) is 0 Å². The van der Waals surface area contributed by atoms with Crippen LogP contribution in [0.4, 0.5) is 0 Å². The third-order valence-electron chi connectivity index (χ3n) is 3.93. The molecule has 1 saturated carbocycles. The normalized spacial score (nSPS) is 22.7. The second kappa shape index (κ2) is 4.01. The van der Waals surface area contributed by atoms with Crippen molar-refractivity contribution >= 4 is 0 Å². The molecule has 2 N–H and O–H groups in total. The maximum Gasteiger partial charge on any atom is 0.0360 e. The lowest BCUT2D eigenvalue weighted by Crippen LogP contribution is -2.22. The molecule has 0 aromatic carbocycles. The molecule has 0 saturated heterocycles. The third-order valence-corrected chi connectivity index (χ3v) is 3.93. The predicted octanol–water partition coefficient (Wildman–Crippen LogP) is 2.71. The Labute approximate surface area is 91.5 Å². The number of nitrogens with one attached hydrogen (secondary N) is 2. The lowest BCUT2D eigenvalue weighted by atomic mass is 9.87. The van der Waals surface area contributed by atoms with Gasteiger partial charge in [-0.3, -0.25) is 0 Å². The number of aromatic nitrogens is 1. The number of H-pyrrole nitrogens is 1. The van der Waals surface area contributed by atoms with Crippen LogP contribution >= 0.6 is 0 Å². The molecule has 82 valence electrons. The van der Waals surface area contributed by atoms with Crippen molar-refractivity contribution in [3.63, 3.8) is 0 Å². The summed E-state index contributed by atoms with van der Waals surface area (Å²) in [5, 5.41) is 3.43. The van der Waals surface area contributed by atoms with Gasteiger partial charge in [-0.1, -0.05) is 19.3 Å². The average molecular weight is 204 g/mol. The van der Waals surface area contributed by atoms with Gasteiger partial charge < -0.3 is 10.3 Å². The zero-order chi connectivity index (χ0) is 10.1. The Bertz CT molecular complexity index is 311. The fourth-order valence-corrected chi connectivity index (χ4v) is 3.02. The fraction of sp³-hybridized carbons (Fsp3) is 0.692. The Hall–Kier alpha value is -0.760. The van der Waals surface area contributed by atoms with Gasteiger partial charge in [0, 0.05) is 17.9 Å². The van der Waals surface area contributed by atoms with Crippen LogP contribution in [0, 0.1) is 0 Å². The molecule has 1 aliphatic heterocycles. The van der Waals surface area contributed by atoms with E-state index in [-0.39, 0.29) is 0 Å². The van der Waals surface area contributed by atoms with Gasteiger partial charge in [0.15, 0.2) is 0 Å². The lowest BCUT2D eigenvalue weighted by molar-refractivity contribution is 0.437. The van der Waals surface area contributed by atoms with E-state index in [2.05, 4.69) is 16.4 Å². The molecule has 2 heteroatoms. The van der Waals surface area contributed by atoms with Gasteiger partial charge in [0.2, 0.25) is 0 Å². The van der Waals surface area contributed by atoms with Crippen LogP contribution in [0.2, 0.25) is 0 Å². The van der Waals surface area contributed by atoms with Crippen molar-refractivity contribution in [1.29, 1.82) is 0 Å². The first-order chi connectivity index (χ1) is 7.43. The minimum Gasteiger partial charge on any atom is -0.361 e. The summed E-state index contributed by atoms with van der Waals surface area (Å²) < 4.78 is 0. The molecule has 0 atom stereocenters. The summed E-state index contributed by atoms with van der Waals surface area (Å²) in [7, 11) is 0. The van der Waals surface area contributed by atoms with Gasteiger partial charge in [0.05, 0.1) is 0 Å². The number of rotatable bonds is 1. The summed E-state index contributed by atoms with van der Waals surface area (Å²) >= 11 is 0. The molecule has 3 rings (SSSR count). The van der Waals surface area contributed by atoms with Crippen molar-refractivity contribution in [3.8, 4) is 0 Å². The van der Waals surface area contributed by atoms with Crippen molar-refractivity contribution in [2.75, 3.05) is 6.54 Å². The van der Waals surface area contributed by atoms with Crippen molar-refractivity contribution in [2.45, 2.75) is 51.0 Å². The van der Waals surface area contributed by atoms with E-state index < -0.39 is 0 Å². The Balaban J connectivity index is 1.82. The highest BCUT2D eigenvalue weighted by atomic mass is 14.9. The second-order valence-corrected chi connectivity index (χ2v) is 4.99. The molecule has 0 radical (unpaired) electrons. The Morgan fingerprint density at radius 1 is 1.13 bits per heavy atom. The molecule has 0 bridgehead atoms. The summed E-state index contributed by atoms with van der Waals surface area (Å²) in [6, 6.07) is 2.44. The molecular formula is C13H20N2. The van der Waals surface area contributed by atoms with Gasteiger partial charge >= 0.3 is 0 Å². The molecule has 1 fully saturated rings. The summed E-state index contributed by atoms with van der Waals surface area (Å²) in [5.74, 6) is 0.823. The molecule has 1 aromatic rings. The minimum atomic E-state index is 0.823. The van der Waals surface area contributed by atoms with Crippen molar-refractivity contribution in [2.24, 2.45) is 0 Å². The van der Waals surface area contributed by atoms with Crippen LogP contribution < -0.4 is 5.32 Å². The molecule has 2 heterocycles. The first-order valence-corrected chi connectivity index (χ1v) is 6.35. The highest BCUT2D eigenvalue weighted by Crippen LogP contribution is 2.33. The maximum absolute atomic E-state index is 3.64. The largest absolute Gasteiger partial charge is 0.361 e. The molecule has 0 amide bonds. The highest BCUT2D eigenvalue weighted by Gasteiger charge is 2.20. The van der Waals surface area contributed by atoms with E-state index in [9.17, 15) is 0 Å². The van der Waals surface area contributed by atoms with Gasteiger partial charge in [-0.25, -0.2) is 0 Å². The van der Waals surface area contributed by atoms with Gasteiger partial charge in [0.25, 0.3) is 0 Å². The van der Waals surface area contributed by atoms with Crippen LogP contribution in [0.3, 0.4) is 0 Å². The smallest absolute Gasteiger partial charge is 0.0360 e. The van der Waals surface area contributed by atoms with Crippen molar-refractivity contribution in [1.82, 2.24) is 10.3 Å². The molecule has 0 spiro atoms. The first-order valence-electron chi connectivity index (χ1n) is 6.35. The number of fused-ring (bicyclic) bond motifs is 1. The van der Waals surface area contributed by atoms with Crippen LogP contribution in [0.25, 0.3) is 0 Å². The summed E-state index contributed by atoms with van der Waals surface area (Å²) in [5.41, 5.74) is 4.53. The minimum absolute atomic E-state index is 0.823. The fourth-order valence-electron chi connectivity index (χ4n) is 3.02. The molecule has 15 heavy (non-hydrogen) atoms. The van der Waals surface area contributed by atoms with E-state index in [1.165, 1.54) is 49.9 Å². The van der Waals surface area contributed by atoms with Gasteiger partial charge in [-0.2, -0.15) is 0 Å². The van der Waals surface area contributed by atoms with Crippen molar-refractivity contribution < 1.29 is 0 Å². The van der Waals surface area contributed by atoms with Crippen LogP contribution in [-0.2, 0) is 13.0 Å². The zero-order valence-electron chi connectivity index (χ0n) is 9.31. The zero-order valence-corrected chi connectivity index (χ0v) is 9.31. The van der Waals surface area contributed by atoms with Crippen LogP contribution in [-0.4, -0.2) is 11.5 Å². The van der Waals surface area contributed by atoms with E-state index in [1.54, 1.807) is 5.56 Å². The molecule has 0 unspecified atom stereocenters. The van der Waals surface area contributed by atoms with E-state index in [0.717, 1.165) is 19.0 Å². The number of hydrogen-bond donors (Lipinski definition) is 2. The maximum atomic E-state index is 3.64. The Morgan fingerprint density at radius 3 is 2.80 bits per heavy atom. The standard InChI is InChI=1S/C13H20N2/c1-2-4-10(5-3-1)12-8-11-6-7-14-9-13(11)15-12/h8,10,14-15H,1-7,9H2. The second-order valence-electron chi connectivity index (χ2n) is 4.99. The number of hydrogen-bond acceptors (Lipinski definition) is 1. The van der Waals surface area contributed by atoms with Gasteiger partial charge in [-0.15, -0.1) is 0 Å². The molecule has 1 aromatic heterocycles. The van der Waals surface area contributed by atoms with Crippen LogP contribution in [0.1, 0.15) is 55.0 Å². The number of aromatic amines is 1. The Morgan fingerprint density at radius 2 is 2.00 bits per heavy atom. The molecule has 1 aliphatic carbocycles. The lowest BCUT2D eigenvalue weighted by Gasteiger charge is -2.20.